The number of fused-ring (bicyclic) bond motifs is 1. The first-order valence-corrected chi connectivity index (χ1v) is 11.2. The molecule has 2 N–H and O–H groups in total. The van der Waals surface area contributed by atoms with Gasteiger partial charge in [-0.1, -0.05) is 13.8 Å². The summed E-state index contributed by atoms with van der Waals surface area (Å²) in [6, 6.07) is 3.40. The zero-order valence-electron chi connectivity index (χ0n) is 19.9. The van der Waals surface area contributed by atoms with Crippen LogP contribution in [0.4, 0.5) is 19.0 Å². The van der Waals surface area contributed by atoms with Crippen molar-refractivity contribution in [3.05, 3.63) is 24.5 Å². The summed E-state index contributed by atoms with van der Waals surface area (Å²) in [5, 5.41) is 4.32. The molecule has 0 amide bonds. The van der Waals surface area contributed by atoms with Gasteiger partial charge in [-0.2, -0.15) is 13.9 Å². The number of hydrogen-bond acceptors (Lipinski definition) is 5. The van der Waals surface area contributed by atoms with Crippen molar-refractivity contribution in [2.45, 2.75) is 65.3 Å². The Kier molecular flexibility index (Phi) is 8.95. The number of ether oxygens (including phenoxy) is 1. The van der Waals surface area contributed by atoms with E-state index in [9.17, 15) is 13.2 Å². The topological polar surface area (TPSA) is 69.2 Å². The van der Waals surface area contributed by atoms with Gasteiger partial charge in [0.15, 0.2) is 11.6 Å². The number of pyridine rings is 1. The van der Waals surface area contributed by atoms with Crippen LogP contribution in [0.25, 0.3) is 11.3 Å². The fraction of sp³-hybridized carbons (Fsp3) is 0.652. The molecule has 2 heterocycles. The first-order chi connectivity index (χ1) is 15.1. The molecule has 0 saturated heterocycles. The van der Waals surface area contributed by atoms with Crippen molar-refractivity contribution in [3.8, 4) is 17.0 Å². The van der Waals surface area contributed by atoms with Gasteiger partial charge in [-0.05, 0) is 71.2 Å². The average Bonchev–Trinajstić information content (AvgIpc) is 3.12. The molecule has 32 heavy (non-hydrogen) atoms. The van der Waals surface area contributed by atoms with E-state index >= 15 is 0 Å². The van der Waals surface area contributed by atoms with Crippen molar-refractivity contribution in [2.24, 2.45) is 11.8 Å². The Bertz CT molecular complexity index is 846. The lowest BCUT2D eigenvalue weighted by Crippen LogP contribution is -2.34. The van der Waals surface area contributed by atoms with Crippen LogP contribution >= 0.6 is 0 Å². The van der Waals surface area contributed by atoms with Gasteiger partial charge in [0.2, 0.25) is 0 Å². The maximum Gasteiger partial charge on any atom is 0.387 e. The van der Waals surface area contributed by atoms with Crippen molar-refractivity contribution >= 4 is 5.82 Å². The van der Waals surface area contributed by atoms with Gasteiger partial charge in [0.05, 0.1) is 5.69 Å². The van der Waals surface area contributed by atoms with E-state index in [0.717, 1.165) is 24.7 Å². The Balaban J connectivity index is 0.000000236. The number of rotatable bonds is 6. The summed E-state index contributed by atoms with van der Waals surface area (Å²) in [6.07, 6.45) is 6.25. The molecule has 2 fully saturated rings. The Morgan fingerprint density at radius 3 is 2.38 bits per heavy atom. The molecule has 2 aromatic heterocycles. The lowest BCUT2D eigenvalue weighted by molar-refractivity contribution is -0.0494. The van der Waals surface area contributed by atoms with Crippen LogP contribution in [0.1, 0.15) is 53.0 Å². The number of aromatic nitrogens is 3. The smallest absolute Gasteiger partial charge is 0.387 e. The van der Waals surface area contributed by atoms with E-state index in [0.29, 0.717) is 17.8 Å². The average molecular weight is 456 g/mol. The summed E-state index contributed by atoms with van der Waals surface area (Å²) in [5.41, 5.74) is 5.84. The number of alkyl halides is 3. The highest BCUT2D eigenvalue weighted by Crippen LogP contribution is 2.57. The summed E-state index contributed by atoms with van der Waals surface area (Å²) >= 11 is 0. The second-order valence-corrected chi connectivity index (χ2v) is 8.81. The summed E-state index contributed by atoms with van der Waals surface area (Å²) in [5.74, 6) is 1.28. The van der Waals surface area contributed by atoms with Crippen LogP contribution in [0, 0.1) is 11.8 Å². The number of nitrogen functional groups attached to an aromatic ring is 1. The molecule has 1 unspecified atom stereocenters. The highest BCUT2D eigenvalue weighted by molar-refractivity contribution is 5.63. The van der Waals surface area contributed by atoms with Gasteiger partial charge in [0, 0.05) is 30.5 Å². The minimum atomic E-state index is -2.94. The lowest BCUT2D eigenvalue weighted by atomic mass is 10.00. The van der Waals surface area contributed by atoms with Crippen LogP contribution in [-0.2, 0) is 0 Å². The van der Waals surface area contributed by atoms with E-state index < -0.39 is 12.3 Å². The molecule has 2 aromatic rings. The minimum absolute atomic E-state index is 0.0765. The lowest BCUT2D eigenvalue weighted by Gasteiger charge is -2.24. The van der Waals surface area contributed by atoms with Gasteiger partial charge in [-0.15, -0.1) is 0 Å². The van der Waals surface area contributed by atoms with Gasteiger partial charge in [-0.3, -0.25) is 4.68 Å². The SMILES string of the molecule is CC.CC(C)n1ccc(-c2cnc(N)c(OC(F)F)c2)n1.CN(C)CC1(F)C[C@H]2C[C@H]2C1. The molecule has 0 aliphatic heterocycles. The normalized spacial score (nSPS) is 23.4. The fourth-order valence-corrected chi connectivity index (χ4v) is 4.09. The predicted octanol–water partition coefficient (Wildman–Crippen LogP) is 5.42. The standard InChI is InChI=1S/C12H14F2N4O.C9H16FN.C2H6/c1-7(2)18-4-3-9(17-18)8-5-10(19-12(13)14)11(15)16-6-8;1-11(2)6-9(10)4-7-3-8(7)5-9;1-2/h3-7,12H,1-2H3,(H2,15,16);7-8H,3-6H2,1-2H3;1-2H3/t;7-,8+,9?;. The second-order valence-electron chi connectivity index (χ2n) is 8.81. The quantitative estimate of drug-likeness (QED) is 0.630. The predicted molar refractivity (Wildman–Crippen MR) is 121 cm³/mol. The van der Waals surface area contributed by atoms with Gasteiger partial charge in [0.1, 0.15) is 5.67 Å². The number of anilines is 1. The largest absolute Gasteiger partial charge is 0.431 e. The Labute approximate surface area is 188 Å². The summed E-state index contributed by atoms with van der Waals surface area (Å²) in [6.45, 7) is 5.67. The van der Waals surface area contributed by atoms with E-state index in [1.54, 1.807) is 10.7 Å². The van der Waals surface area contributed by atoms with Crippen molar-refractivity contribution in [1.82, 2.24) is 19.7 Å². The highest BCUT2D eigenvalue weighted by Gasteiger charge is 2.54. The van der Waals surface area contributed by atoms with Crippen LogP contribution in [0.2, 0.25) is 0 Å². The Morgan fingerprint density at radius 2 is 1.88 bits per heavy atom. The first kappa shape index (κ1) is 26.0. The van der Waals surface area contributed by atoms with Crippen molar-refractivity contribution in [2.75, 3.05) is 26.4 Å². The molecule has 4 rings (SSSR count). The van der Waals surface area contributed by atoms with Crippen LogP contribution in [-0.4, -0.2) is 52.6 Å². The van der Waals surface area contributed by atoms with Crippen LogP contribution in [0.3, 0.4) is 0 Å². The van der Waals surface area contributed by atoms with E-state index in [2.05, 4.69) is 14.8 Å². The number of nitrogens with two attached hydrogens (primary N) is 1. The van der Waals surface area contributed by atoms with Gasteiger partial charge >= 0.3 is 6.61 Å². The second kappa shape index (κ2) is 11.0. The van der Waals surface area contributed by atoms with Crippen molar-refractivity contribution in [3.63, 3.8) is 0 Å². The molecule has 0 aromatic carbocycles. The van der Waals surface area contributed by atoms with E-state index in [4.69, 9.17) is 5.73 Å². The molecule has 0 spiro atoms. The number of halogens is 3. The van der Waals surface area contributed by atoms with Crippen LogP contribution in [0.5, 0.6) is 5.75 Å². The molecular formula is C23H36F3N5O. The number of hydrogen-bond donors (Lipinski definition) is 1. The molecule has 3 atom stereocenters. The monoisotopic (exact) mass is 455 g/mol. The Morgan fingerprint density at radius 1 is 1.25 bits per heavy atom. The molecular weight excluding hydrogens is 419 g/mol. The van der Waals surface area contributed by atoms with Crippen molar-refractivity contribution < 1.29 is 17.9 Å². The molecule has 2 saturated carbocycles. The van der Waals surface area contributed by atoms with E-state index in [1.807, 2.05) is 52.9 Å². The molecule has 2 aliphatic carbocycles. The van der Waals surface area contributed by atoms with Gasteiger partial charge in [0.25, 0.3) is 0 Å². The zero-order valence-corrected chi connectivity index (χ0v) is 19.9. The fourth-order valence-electron chi connectivity index (χ4n) is 4.09. The molecule has 180 valence electrons. The van der Waals surface area contributed by atoms with E-state index in [1.165, 1.54) is 18.7 Å². The summed E-state index contributed by atoms with van der Waals surface area (Å²) < 4.78 is 44.3. The maximum atomic E-state index is 13.8. The molecule has 9 heteroatoms. The summed E-state index contributed by atoms with van der Waals surface area (Å²) in [7, 11) is 3.90. The highest BCUT2D eigenvalue weighted by atomic mass is 19.3. The third-order valence-corrected chi connectivity index (χ3v) is 5.46. The van der Waals surface area contributed by atoms with Crippen LogP contribution < -0.4 is 10.5 Å². The molecule has 0 bridgehead atoms. The third kappa shape index (κ3) is 7.12. The van der Waals surface area contributed by atoms with Gasteiger partial charge in [-0.25, -0.2) is 9.37 Å². The van der Waals surface area contributed by atoms with Gasteiger partial charge < -0.3 is 15.4 Å². The number of nitrogens with zero attached hydrogens (tertiary/aromatic N) is 4. The molecule has 2 aliphatic rings. The minimum Gasteiger partial charge on any atom is -0.431 e. The molecule has 0 radical (unpaired) electrons. The van der Waals surface area contributed by atoms with Crippen molar-refractivity contribution in [1.29, 1.82) is 0 Å². The third-order valence-electron chi connectivity index (χ3n) is 5.46. The zero-order chi connectivity index (χ0) is 24.1. The summed E-state index contributed by atoms with van der Waals surface area (Å²) in [4.78, 5) is 5.80. The van der Waals surface area contributed by atoms with E-state index in [-0.39, 0.29) is 17.6 Å². The molecule has 6 nitrogen and oxygen atoms in total. The van der Waals surface area contributed by atoms with Crippen LogP contribution in [0.15, 0.2) is 24.5 Å². The first-order valence-electron chi connectivity index (χ1n) is 11.2. The Hall–Kier alpha value is -2.29. The maximum absolute atomic E-state index is 13.8.